The van der Waals surface area contributed by atoms with Crippen molar-refractivity contribution in [3.05, 3.63) is 11.8 Å². The van der Waals surface area contributed by atoms with Crippen LogP contribution in [0.3, 0.4) is 0 Å². The van der Waals surface area contributed by atoms with Crippen LogP contribution in [0.2, 0.25) is 0 Å². The number of amides is 1. The Morgan fingerprint density at radius 2 is 2.33 bits per heavy atom. The highest BCUT2D eigenvalue weighted by atomic mass is 16.1. The Balaban J connectivity index is 2.51. The molecule has 2 N–H and O–H groups in total. The van der Waals surface area contributed by atoms with Gasteiger partial charge in [-0.3, -0.25) is 9.48 Å². The Bertz CT molecular complexity index is 326. The monoisotopic (exact) mass is 210 g/mol. The molecule has 0 aromatic carbocycles. The number of carbonyl (C=O) groups is 1. The zero-order valence-corrected chi connectivity index (χ0v) is 9.66. The Hall–Kier alpha value is -1.36. The van der Waals surface area contributed by atoms with Crippen LogP contribution in [0.5, 0.6) is 0 Å². The Labute approximate surface area is 89.9 Å². The van der Waals surface area contributed by atoms with Crippen molar-refractivity contribution in [1.29, 1.82) is 0 Å². The summed E-state index contributed by atoms with van der Waals surface area (Å²) in [6.07, 6.45) is 0.451. The third-order valence-corrected chi connectivity index (χ3v) is 2.37. The number of nitrogens with zero attached hydrogens (tertiary/aromatic N) is 2. The van der Waals surface area contributed by atoms with E-state index in [1.54, 1.807) is 4.68 Å². The molecule has 0 fully saturated rings. The molecule has 0 saturated heterocycles. The van der Waals surface area contributed by atoms with Crippen LogP contribution < -0.4 is 10.6 Å². The smallest absolute Gasteiger partial charge is 0.227 e. The molecule has 1 heterocycles. The lowest BCUT2D eigenvalue weighted by Crippen LogP contribution is -2.27. The summed E-state index contributed by atoms with van der Waals surface area (Å²) < 4.78 is 1.73. The van der Waals surface area contributed by atoms with Gasteiger partial charge in [-0.15, -0.1) is 0 Å². The summed E-state index contributed by atoms with van der Waals surface area (Å²) in [5, 5.41) is 9.92. The van der Waals surface area contributed by atoms with Crippen molar-refractivity contribution in [2.75, 3.05) is 12.4 Å². The summed E-state index contributed by atoms with van der Waals surface area (Å²) in [6.45, 7) is 3.90. The van der Waals surface area contributed by atoms with E-state index in [4.69, 9.17) is 0 Å². The molecule has 1 rings (SSSR count). The first-order valence-corrected chi connectivity index (χ1v) is 5.00. The van der Waals surface area contributed by atoms with Crippen molar-refractivity contribution in [2.24, 2.45) is 7.05 Å². The van der Waals surface area contributed by atoms with Crippen LogP contribution in [0.25, 0.3) is 0 Å². The molecule has 5 nitrogen and oxygen atoms in total. The molecule has 1 unspecified atom stereocenters. The first kappa shape index (κ1) is 11.7. The predicted molar refractivity (Wildman–Crippen MR) is 59.7 cm³/mol. The van der Waals surface area contributed by atoms with Gasteiger partial charge in [0, 0.05) is 31.3 Å². The average Bonchev–Trinajstić information content (AvgIpc) is 2.45. The highest BCUT2D eigenvalue weighted by Gasteiger charge is 2.09. The summed E-state index contributed by atoms with van der Waals surface area (Å²) in [6, 6.07) is 2.02. The molecule has 1 aromatic heterocycles. The number of hydrogen-bond donors (Lipinski definition) is 2. The Morgan fingerprint density at radius 1 is 1.67 bits per heavy atom. The lowest BCUT2D eigenvalue weighted by atomic mass is 10.2. The molecule has 0 radical (unpaired) electrons. The largest absolute Gasteiger partial charge is 0.317 e. The van der Waals surface area contributed by atoms with Gasteiger partial charge in [-0.25, -0.2) is 0 Å². The van der Waals surface area contributed by atoms with Crippen molar-refractivity contribution in [1.82, 2.24) is 15.1 Å². The zero-order chi connectivity index (χ0) is 11.4. The van der Waals surface area contributed by atoms with Crippen LogP contribution in [-0.2, 0) is 11.8 Å². The van der Waals surface area contributed by atoms with E-state index in [1.807, 2.05) is 34.0 Å². The summed E-state index contributed by atoms with van der Waals surface area (Å²) in [5.74, 6) is 0.596. The summed E-state index contributed by atoms with van der Waals surface area (Å²) in [5.41, 5.74) is 1.02. The van der Waals surface area contributed by atoms with E-state index in [-0.39, 0.29) is 11.9 Å². The Kier molecular flexibility index (Phi) is 3.85. The fraction of sp³-hybridized carbons (Fsp3) is 0.600. The Morgan fingerprint density at radius 3 is 2.80 bits per heavy atom. The van der Waals surface area contributed by atoms with Crippen LogP contribution in [-0.4, -0.2) is 28.8 Å². The van der Waals surface area contributed by atoms with Crippen LogP contribution in [0.1, 0.15) is 19.0 Å². The minimum atomic E-state index is -0.0186. The maximum Gasteiger partial charge on any atom is 0.227 e. The van der Waals surface area contributed by atoms with Gasteiger partial charge in [-0.05, 0) is 20.9 Å². The molecule has 1 atom stereocenters. The number of aryl methyl sites for hydroxylation is 2. The van der Waals surface area contributed by atoms with Crippen molar-refractivity contribution < 1.29 is 4.79 Å². The number of rotatable bonds is 4. The fourth-order valence-corrected chi connectivity index (χ4v) is 1.20. The molecule has 0 aliphatic carbocycles. The third-order valence-electron chi connectivity index (χ3n) is 2.37. The van der Waals surface area contributed by atoms with Gasteiger partial charge in [-0.1, -0.05) is 0 Å². The highest BCUT2D eigenvalue weighted by Crippen LogP contribution is 2.07. The van der Waals surface area contributed by atoms with Gasteiger partial charge in [0.05, 0.1) is 0 Å². The molecule has 0 saturated carbocycles. The minimum absolute atomic E-state index is 0.0186. The lowest BCUT2D eigenvalue weighted by molar-refractivity contribution is -0.116. The van der Waals surface area contributed by atoms with E-state index >= 15 is 0 Å². The molecule has 5 heteroatoms. The minimum Gasteiger partial charge on any atom is -0.317 e. The normalized spacial score (nSPS) is 12.5. The number of nitrogens with one attached hydrogen (secondary N) is 2. The van der Waals surface area contributed by atoms with Crippen LogP contribution in [0.15, 0.2) is 6.07 Å². The van der Waals surface area contributed by atoms with Gasteiger partial charge in [-0.2, -0.15) is 5.10 Å². The first-order valence-electron chi connectivity index (χ1n) is 5.00. The summed E-state index contributed by atoms with van der Waals surface area (Å²) >= 11 is 0. The molecule has 0 aliphatic rings. The van der Waals surface area contributed by atoms with Crippen molar-refractivity contribution in [3.63, 3.8) is 0 Å². The van der Waals surface area contributed by atoms with Crippen molar-refractivity contribution in [2.45, 2.75) is 26.3 Å². The molecule has 0 bridgehead atoms. The summed E-state index contributed by atoms with van der Waals surface area (Å²) in [7, 11) is 3.68. The van der Waals surface area contributed by atoms with Crippen LogP contribution in [0.4, 0.5) is 5.82 Å². The molecular formula is C10H18N4O. The molecule has 0 aliphatic heterocycles. The highest BCUT2D eigenvalue weighted by molar-refractivity contribution is 5.90. The quantitative estimate of drug-likeness (QED) is 0.767. The molecule has 15 heavy (non-hydrogen) atoms. The second-order valence-electron chi connectivity index (χ2n) is 3.74. The lowest BCUT2D eigenvalue weighted by Gasteiger charge is -2.08. The van der Waals surface area contributed by atoms with Crippen LogP contribution in [0, 0.1) is 6.92 Å². The molecule has 84 valence electrons. The van der Waals surface area contributed by atoms with E-state index in [2.05, 4.69) is 15.7 Å². The van der Waals surface area contributed by atoms with Gasteiger partial charge in [0.2, 0.25) is 5.91 Å². The van der Waals surface area contributed by atoms with Crippen LogP contribution >= 0.6 is 0 Å². The SMILES string of the molecule is CNC(C)CC(=O)Nc1cc(C)n(C)n1. The second kappa shape index (κ2) is 4.93. The van der Waals surface area contributed by atoms with E-state index in [9.17, 15) is 4.79 Å². The predicted octanol–water partition coefficient (Wildman–Crippen LogP) is 0.665. The zero-order valence-electron chi connectivity index (χ0n) is 9.66. The number of anilines is 1. The van der Waals surface area contributed by atoms with Gasteiger partial charge in [0.25, 0.3) is 0 Å². The van der Waals surface area contributed by atoms with E-state index in [0.29, 0.717) is 12.2 Å². The maximum absolute atomic E-state index is 11.5. The third kappa shape index (κ3) is 3.36. The number of carbonyl (C=O) groups excluding carboxylic acids is 1. The van der Waals surface area contributed by atoms with Crippen molar-refractivity contribution in [3.8, 4) is 0 Å². The topological polar surface area (TPSA) is 59.0 Å². The first-order chi connectivity index (χ1) is 7.02. The van der Waals surface area contributed by atoms with E-state index in [0.717, 1.165) is 5.69 Å². The molecule has 0 spiro atoms. The van der Waals surface area contributed by atoms with E-state index in [1.165, 1.54) is 0 Å². The van der Waals surface area contributed by atoms with Gasteiger partial charge in [0.15, 0.2) is 5.82 Å². The molecule has 1 amide bonds. The standard InChI is InChI=1S/C10H18N4O/c1-7(11-3)5-10(15)12-9-6-8(2)14(4)13-9/h6-7,11H,5H2,1-4H3,(H,12,13,15). The average molecular weight is 210 g/mol. The number of hydrogen-bond acceptors (Lipinski definition) is 3. The second-order valence-corrected chi connectivity index (χ2v) is 3.74. The fourth-order valence-electron chi connectivity index (χ4n) is 1.20. The molecule has 1 aromatic rings. The summed E-state index contributed by atoms with van der Waals surface area (Å²) in [4.78, 5) is 11.5. The molecular weight excluding hydrogens is 192 g/mol. The van der Waals surface area contributed by atoms with E-state index < -0.39 is 0 Å². The van der Waals surface area contributed by atoms with Gasteiger partial charge < -0.3 is 10.6 Å². The van der Waals surface area contributed by atoms with Crippen molar-refractivity contribution >= 4 is 11.7 Å². The van der Waals surface area contributed by atoms with Gasteiger partial charge in [0.1, 0.15) is 0 Å². The number of aromatic nitrogens is 2. The van der Waals surface area contributed by atoms with Gasteiger partial charge >= 0.3 is 0 Å². The maximum atomic E-state index is 11.5.